The first-order valence-electron chi connectivity index (χ1n) is 10.5. The average Bonchev–Trinajstić information content (AvgIpc) is 3.34. The molecule has 2 atom stereocenters. The Morgan fingerprint density at radius 3 is 2.87 bits per heavy atom. The predicted octanol–water partition coefficient (Wildman–Crippen LogP) is 3.55. The Balaban J connectivity index is 1.59. The molecule has 2 heterocycles. The van der Waals surface area contributed by atoms with Crippen LogP contribution in [0.4, 0.5) is 5.13 Å². The number of likely N-dealkylation sites (tertiary alicyclic amines) is 1. The zero-order chi connectivity index (χ0) is 21.3. The third-order valence-electron chi connectivity index (χ3n) is 6.42. The molecule has 2 amide bonds. The van der Waals surface area contributed by atoms with E-state index in [1.165, 1.54) is 17.8 Å². The van der Waals surface area contributed by atoms with Gasteiger partial charge in [-0.3, -0.25) is 19.7 Å². The standard InChI is InChI=1S/C21H26N4O4S/c1-21(25(28)29)8-7-16-15(12-21)13-24(19(16)27)17(11-14-5-3-2-4-6-14)18(26)23-20-22-9-10-30-20/h7,9-10,12,14,17H,2-6,8,11,13H2,1H3,(H,22,23,26). The fraction of sp³-hybridized carbons (Fsp3) is 0.571. The van der Waals surface area contributed by atoms with Gasteiger partial charge in [0.25, 0.3) is 5.91 Å². The number of aromatic nitrogens is 1. The van der Waals surface area contributed by atoms with Crippen LogP contribution in [0.3, 0.4) is 0 Å². The second-order valence-electron chi connectivity index (χ2n) is 8.62. The Kier molecular flexibility index (Phi) is 5.73. The largest absolute Gasteiger partial charge is 0.322 e. The highest BCUT2D eigenvalue weighted by Crippen LogP contribution is 2.37. The summed E-state index contributed by atoms with van der Waals surface area (Å²) in [6, 6.07) is -0.612. The Morgan fingerprint density at radius 1 is 1.43 bits per heavy atom. The molecule has 1 saturated carbocycles. The van der Waals surface area contributed by atoms with E-state index in [0.717, 1.165) is 25.7 Å². The number of hydrogen-bond acceptors (Lipinski definition) is 6. The minimum atomic E-state index is -1.21. The lowest BCUT2D eigenvalue weighted by Crippen LogP contribution is -2.46. The highest BCUT2D eigenvalue weighted by molar-refractivity contribution is 7.13. The fourth-order valence-electron chi connectivity index (χ4n) is 4.68. The van der Waals surface area contributed by atoms with Crippen molar-refractivity contribution in [3.63, 3.8) is 0 Å². The van der Waals surface area contributed by atoms with Crippen LogP contribution in [0.5, 0.6) is 0 Å². The molecule has 3 aliphatic rings. The van der Waals surface area contributed by atoms with Crippen molar-refractivity contribution >= 4 is 28.3 Å². The van der Waals surface area contributed by atoms with E-state index in [2.05, 4.69) is 10.3 Å². The van der Waals surface area contributed by atoms with E-state index < -0.39 is 11.6 Å². The second kappa shape index (κ2) is 8.29. The average molecular weight is 431 g/mol. The summed E-state index contributed by atoms with van der Waals surface area (Å²) in [5.74, 6) is -0.0456. The summed E-state index contributed by atoms with van der Waals surface area (Å²) in [4.78, 5) is 43.2. The highest BCUT2D eigenvalue weighted by Gasteiger charge is 2.45. The highest BCUT2D eigenvalue weighted by atomic mass is 32.1. The zero-order valence-corrected chi connectivity index (χ0v) is 17.8. The van der Waals surface area contributed by atoms with Gasteiger partial charge in [0.15, 0.2) is 5.13 Å². The number of carbonyl (C=O) groups excluding carboxylic acids is 2. The number of hydrogen-bond donors (Lipinski definition) is 1. The van der Waals surface area contributed by atoms with Gasteiger partial charge in [-0.2, -0.15) is 0 Å². The van der Waals surface area contributed by atoms with Gasteiger partial charge in [-0.1, -0.05) is 38.2 Å². The van der Waals surface area contributed by atoms with Gasteiger partial charge >= 0.3 is 0 Å². The molecule has 1 saturated heterocycles. The maximum Gasteiger partial charge on any atom is 0.254 e. The molecule has 1 aromatic heterocycles. The molecule has 1 N–H and O–H groups in total. The zero-order valence-electron chi connectivity index (χ0n) is 17.0. The minimum Gasteiger partial charge on any atom is -0.322 e. The lowest BCUT2D eigenvalue weighted by molar-refractivity contribution is -0.549. The molecule has 0 aromatic carbocycles. The molecule has 30 heavy (non-hydrogen) atoms. The van der Waals surface area contributed by atoms with E-state index >= 15 is 0 Å². The maximum absolute atomic E-state index is 13.2. The summed E-state index contributed by atoms with van der Waals surface area (Å²) in [7, 11) is 0. The van der Waals surface area contributed by atoms with Crippen molar-refractivity contribution in [1.29, 1.82) is 0 Å². The van der Waals surface area contributed by atoms with Crippen LogP contribution < -0.4 is 5.32 Å². The van der Waals surface area contributed by atoms with Crippen molar-refractivity contribution < 1.29 is 14.5 Å². The van der Waals surface area contributed by atoms with Crippen LogP contribution in [-0.4, -0.2) is 44.7 Å². The summed E-state index contributed by atoms with van der Waals surface area (Å²) in [6.07, 6.45) is 11.3. The molecule has 8 nitrogen and oxygen atoms in total. The van der Waals surface area contributed by atoms with Crippen LogP contribution >= 0.6 is 11.3 Å². The van der Waals surface area contributed by atoms with E-state index in [1.807, 2.05) is 0 Å². The number of carbonyl (C=O) groups is 2. The van der Waals surface area contributed by atoms with E-state index in [4.69, 9.17) is 0 Å². The van der Waals surface area contributed by atoms with E-state index in [-0.39, 0.29) is 29.7 Å². The predicted molar refractivity (Wildman–Crippen MR) is 114 cm³/mol. The quantitative estimate of drug-likeness (QED) is 0.549. The van der Waals surface area contributed by atoms with Gasteiger partial charge in [-0.15, -0.1) is 11.3 Å². The smallest absolute Gasteiger partial charge is 0.254 e. The van der Waals surface area contributed by atoms with Gasteiger partial charge < -0.3 is 10.2 Å². The topological polar surface area (TPSA) is 105 Å². The van der Waals surface area contributed by atoms with Crippen LogP contribution in [0.2, 0.25) is 0 Å². The summed E-state index contributed by atoms with van der Waals surface area (Å²) in [5.41, 5.74) is -0.0527. The molecule has 0 spiro atoms. The van der Waals surface area contributed by atoms with E-state index in [0.29, 0.717) is 28.6 Å². The van der Waals surface area contributed by atoms with Crippen molar-refractivity contribution in [2.45, 2.75) is 63.5 Å². The molecule has 2 unspecified atom stereocenters. The van der Waals surface area contributed by atoms with Crippen molar-refractivity contribution in [3.05, 3.63) is 45.0 Å². The van der Waals surface area contributed by atoms with Crippen molar-refractivity contribution in [3.8, 4) is 0 Å². The van der Waals surface area contributed by atoms with Crippen LogP contribution in [0.1, 0.15) is 51.9 Å². The Labute approximate surface area is 179 Å². The Bertz CT molecular complexity index is 904. The lowest BCUT2D eigenvalue weighted by Gasteiger charge is -2.31. The molecule has 1 aromatic rings. The second-order valence-corrected chi connectivity index (χ2v) is 9.52. The van der Waals surface area contributed by atoms with Crippen LogP contribution in [0, 0.1) is 16.0 Å². The SMILES string of the molecule is CC1([N+](=O)[O-])C=C2CN(C(CC3CCCCC3)C(=O)Nc3nccs3)C(=O)C2=CC1. The number of amides is 2. The third kappa shape index (κ3) is 4.03. The van der Waals surface area contributed by atoms with Gasteiger partial charge in [0.1, 0.15) is 6.04 Å². The fourth-order valence-corrected chi connectivity index (χ4v) is 5.22. The van der Waals surface area contributed by atoms with Crippen molar-refractivity contribution in [2.75, 3.05) is 11.9 Å². The molecule has 0 bridgehead atoms. The van der Waals surface area contributed by atoms with Gasteiger partial charge in [-0.05, 0) is 24.0 Å². The summed E-state index contributed by atoms with van der Waals surface area (Å²) in [5, 5.41) is 16.6. The summed E-state index contributed by atoms with van der Waals surface area (Å²) >= 11 is 1.34. The summed E-state index contributed by atoms with van der Waals surface area (Å²) in [6.45, 7) is 1.80. The Morgan fingerprint density at radius 2 is 2.20 bits per heavy atom. The number of nitrogens with one attached hydrogen (secondary N) is 1. The van der Waals surface area contributed by atoms with E-state index in [1.54, 1.807) is 35.6 Å². The first-order chi connectivity index (χ1) is 14.4. The van der Waals surface area contributed by atoms with Gasteiger partial charge in [0.05, 0.1) is 0 Å². The third-order valence-corrected chi connectivity index (χ3v) is 7.11. The molecular formula is C21H26N4O4S. The van der Waals surface area contributed by atoms with Gasteiger partial charge in [-0.25, -0.2) is 4.98 Å². The summed E-state index contributed by atoms with van der Waals surface area (Å²) < 4.78 is 0. The monoisotopic (exact) mass is 430 g/mol. The number of anilines is 1. The van der Waals surface area contributed by atoms with E-state index in [9.17, 15) is 19.7 Å². The molecule has 1 aliphatic heterocycles. The van der Waals surface area contributed by atoms with Crippen LogP contribution in [0.25, 0.3) is 0 Å². The van der Waals surface area contributed by atoms with Gasteiger partial charge in [0.2, 0.25) is 11.4 Å². The number of fused-ring (bicyclic) bond motifs is 1. The lowest BCUT2D eigenvalue weighted by atomic mass is 9.84. The molecule has 9 heteroatoms. The minimum absolute atomic E-state index is 0.178. The Hall–Kier alpha value is -2.55. The van der Waals surface area contributed by atoms with Crippen LogP contribution in [-0.2, 0) is 9.59 Å². The molecular weight excluding hydrogens is 404 g/mol. The normalized spacial score (nSPS) is 25.4. The number of rotatable bonds is 6. The first kappa shape index (κ1) is 20.7. The molecule has 0 radical (unpaired) electrons. The molecule has 2 aliphatic carbocycles. The molecule has 2 fully saturated rings. The van der Waals surface area contributed by atoms with Crippen LogP contribution in [0.15, 0.2) is 34.9 Å². The van der Waals surface area contributed by atoms with Gasteiger partial charge in [0, 0.05) is 42.0 Å². The number of nitro groups is 1. The van der Waals surface area contributed by atoms with Crippen molar-refractivity contribution in [2.24, 2.45) is 5.92 Å². The number of thiazole rings is 1. The molecule has 160 valence electrons. The van der Waals surface area contributed by atoms with Crippen molar-refractivity contribution in [1.82, 2.24) is 9.88 Å². The maximum atomic E-state index is 13.2. The molecule has 4 rings (SSSR count). The number of nitrogens with zero attached hydrogens (tertiary/aromatic N) is 3. The first-order valence-corrected chi connectivity index (χ1v) is 11.3.